The number of hydrogen-bond acceptors (Lipinski definition) is 3. The third-order valence-electron chi connectivity index (χ3n) is 2.74. The maximum Gasteiger partial charge on any atom is 0.264 e. The molecule has 0 fully saturated rings. The molecule has 0 bridgehead atoms. The maximum atomic E-state index is 12.0. The molecule has 5 nitrogen and oxygen atoms in total. The van der Waals surface area contributed by atoms with Gasteiger partial charge in [0.2, 0.25) is 5.91 Å². The second-order valence-electron chi connectivity index (χ2n) is 4.55. The van der Waals surface area contributed by atoms with Gasteiger partial charge in [-0.1, -0.05) is 28.1 Å². The van der Waals surface area contributed by atoms with Gasteiger partial charge in [0.15, 0.2) is 0 Å². The highest BCUT2D eigenvalue weighted by Crippen LogP contribution is 2.22. The largest absolute Gasteiger partial charge is 0.328 e. The van der Waals surface area contributed by atoms with Gasteiger partial charge in [0.1, 0.15) is 11.8 Å². The summed E-state index contributed by atoms with van der Waals surface area (Å²) in [6, 6.07) is 6.89. The number of nitrogens with two attached hydrogens (primary N) is 1. The van der Waals surface area contributed by atoms with Crippen LogP contribution in [0.4, 0.5) is 0 Å². The number of nitrogens with one attached hydrogen (secondary N) is 1. The van der Waals surface area contributed by atoms with E-state index in [1.54, 1.807) is 31.2 Å². The van der Waals surface area contributed by atoms with E-state index in [0.29, 0.717) is 17.8 Å². The molecule has 1 aromatic rings. The predicted octanol–water partition coefficient (Wildman–Crippen LogP) is 1.32. The zero-order valence-corrected chi connectivity index (χ0v) is 12.0. The van der Waals surface area contributed by atoms with Gasteiger partial charge in [-0.25, -0.2) is 0 Å². The van der Waals surface area contributed by atoms with E-state index in [9.17, 15) is 9.59 Å². The molecule has 2 amide bonds. The van der Waals surface area contributed by atoms with Gasteiger partial charge in [-0.3, -0.25) is 9.59 Å². The van der Waals surface area contributed by atoms with Gasteiger partial charge in [0, 0.05) is 16.9 Å². The lowest BCUT2D eigenvalue weighted by molar-refractivity contribution is -0.129. The summed E-state index contributed by atoms with van der Waals surface area (Å²) in [5.41, 5.74) is 6.26. The van der Waals surface area contributed by atoms with Crippen molar-refractivity contribution in [2.24, 2.45) is 10.7 Å². The summed E-state index contributed by atoms with van der Waals surface area (Å²) in [4.78, 5) is 27.9. The van der Waals surface area contributed by atoms with Crippen molar-refractivity contribution in [1.82, 2.24) is 5.32 Å². The van der Waals surface area contributed by atoms with Crippen LogP contribution < -0.4 is 11.1 Å². The summed E-state index contributed by atoms with van der Waals surface area (Å²) in [5.74, 6) is -1.32. The van der Waals surface area contributed by atoms with E-state index < -0.39 is 11.8 Å². The highest BCUT2D eigenvalue weighted by Gasteiger charge is 2.33. The van der Waals surface area contributed by atoms with E-state index in [1.165, 1.54) is 0 Å². The highest BCUT2D eigenvalue weighted by atomic mass is 79.9. The molecule has 1 heterocycles. The second-order valence-corrected chi connectivity index (χ2v) is 5.47. The fourth-order valence-electron chi connectivity index (χ4n) is 1.90. The maximum absolute atomic E-state index is 12.0. The topological polar surface area (TPSA) is 84.5 Å². The third kappa shape index (κ3) is 3.27. The number of nitrogens with zero attached hydrogens (tertiary/aromatic N) is 1. The molecule has 0 saturated heterocycles. The smallest absolute Gasteiger partial charge is 0.264 e. The molecule has 1 aliphatic heterocycles. The van der Waals surface area contributed by atoms with Crippen LogP contribution in [0.1, 0.15) is 24.8 Å². The second kappa shape index (κ2) is 5.63. The lowest BCUT2D eigenvalue weighted by Crippen LogP contribution is -2.44. The van der Waals surface area contributed by atoms with Gasteiger partial charge in [0.05, 0.1) is 0 Å². The van der Waals surface area contributed by atoms with Crippen molar-refractivity contribution in [2.75, 3.05) is 0 Å². The average molecular weight is 324 g/mol. The molecule has 0 spiro atoms. The minimum absolute atomic E-state index is 0.156. The first-order chi connectivity index (χ1) is 8.97. The van der Waals surface area contributed by atoms with Crippen molar-refractivity contribution in [3.05, 3.63) is 34.3 Å². The predicted molar refractivity (Wildman–Crippen MR) is 75.7 cm³/mol. The van der Waals surface area contributed by atoms with Crippen molar-refractivity contribution >= 4 is 33.6 Å². The summed E-state index contributed by atoms with van der Waals surface area (Å²) in [5, 5.41) is 2.64. The first-order valence-electron chi connectivity index (χ1n) is 5.90. The average Bonchev–Trinajstić information content (AvgIpc) is 2.29. The normalized spacial score (nSPS) is 20.8. The van der Waals surface area contributed by atoms with Gasteiger partial charge in [0.25, 0.3) is 5.91 Å². The van der Waals surface area contributed by atoms with Crippen molar-refractivity contribution < 1.29 is 9.59 Å². The van der Waals surface area contributed by atoms with Crippen molar-refractivity contribution in [2.45, 2.75) is 25.3 Å². The minimum Gasteiger partial charge on any atom is -0.328 e. The Morgan fingerprint density at radius 2 is 2.00 bits per heavy atom. The van der Waals surface area contributed by atoms with Crippen molar-refractivity contribution in [3.8, 4) is 0 Å². The standard InChI is InChI=1S/C13H14BrN3O2/c1-7(15)6-10-16-12(18)11(13(19)17-10)8-2-4-9(14)5-3-8/h2-5,7,11H,6,15H2,1H3,(H,16,17,18,19). The monoisotopic (exact) mass is 323 g/mol. The summed E-state index contributed by atoms with van der Waals surface area (Å²) < 4.78 is 0.890. The van der Waals surface area contributed by atoms with Crippen molar-refractivity contribution in [3.63, 3.8) is 0 Å². The summed E-state index contributed by atoms with van der Waals surface area (Å²) >= 11 is 3.31. The molecule has 2 atom stereocenters. The van der Waals surface area contributed by atoms with Crippen molar-refractivity contribution in [1.29, 1.82) is 0 Å². The molecular formula is C13H14BrN3O2. The van der Waals surface area contributed by atoms with E-state index >= 15 is 0 Å². The summed E-state index contributed by atoms with van der Waals surface area (Å²) in [6.07, 6.45) is 0.380. The van der Waals surface area contributed by atoms with Crippen LogP contribution in [0.15, 0.2) is 33.7 Å². The first kappa shape index (κ1) is 13.9. The van der Waals surface area contributed by atoms with Crippen LogP contribution in [-0.2, 0) is 9.59 Å². The highest BCUT2D eigenvalue weighted by molar-refractivity contribution is 9.10. The minimum atomic E-state index is -0.870. The Morgan fingerprint density at radius 1 is 1.37 bits per heavy atom. The number of hydrogen-bond donors (Lipinski definition) is 2. The molecule has 3 N–H and O–H groups in total. The van der Waals surface area contributed by atoms with E-state index in [4.69, 9.17) is 5.73 Å². The van der Waals surface area contributed by atoms with Crippen LogP contribution in [0, 0.1) is 0 Å². The fourth-order valence-corrected chi connectivity index (χ4v) is 2.17. The molecule has 1 aromatic carbocycles. The quantitative estimate of drug-likeness (QED) is 0.823. The molecule has 1 aliphatic rings. The number of halogens is 1. The number of amides is 2. The fraction of sp³-hybridized carbons (Fsp3) is 0.308. The van der Waals surface area contributed by atoms with Gasteiger partial charge in [-0.05, 0) is 24.6 Å². The number of carbonyl (C=O) groups is 2. The number of amidine groups is 1. The van der Waals surface area contributed by atoms with E-state index in [0.717, 1.165) is 4.47 Å². The Bertz CT molecular complexity index is 537. The van der Waals surface area contributed by atoms with Crippen LogP contribution >= 0.6 is 15.9 Å². The zero-order valence-electron chi connectivity index (χ0n) is 10.4. The van der Waals surface area contributed by atoms with E-state index in [1.807, 2.05) is 0 Å². The zero-order chi connectivity index (χ0) is 14.0. The van der Waals surface area contributed by atoms with Crippen LogP contribution in [0.3, 0.4) is 0 Å². The molecular weight excluding hydrogens is 310 g/mol. The lowest BCUT2D eigenvalue weighted by Gasteiger charge is -2.21. The molecule has 0 radical (unpaired) electrons. The van der Waals surface area contributed by atoms with Gasteiger partial charge >= 0.3 is 0 Å². The molecule has 2 unspecified atom stereocenters. The number of benzene rings is 1. The molecule has 6 heteroatoms. The summed E-state index contributed by atoms with van der Waals surface area (Å²) in [6.45, 7) is 1.79. The number of carbonyl (C=O) groups excluding carboxylic acids is 2. The molecule has 0 aromatic heterocycles. The first-order valence-corrected chi connectivity index (χ1v) is 6.70. The number of aliphatic imine (C=N–C) groups is 1. The summed E-state index contributed by atoms with van der Waals surface area (Å²) in [7, 11) is 0. The van der Waals surface area contributed by atoms with Gasteiger partial charge < -0.3 is 11.1 Å². The van der Waals surface area contributed by atoms with Crippen LogP contribution in [0.2, 0.25) is 0 Å². The molecule has 0 saturated carbocycles. The third-order valence-corrected chi connectivity index (χ3v) is 3.27. The van der Waals surface area contributed by atoms with E-state index in [-0.39, 0.29) is 11.9 Å². The van der Waals surface area contributed by atoms with E-state index in [2.05, 4.69) is 26.2 Å². The molecule has 19 heavy (non-hydrogen) atoms. The Balaban J connectivity index is 2.25. The Labute approximate surface area is 119 Å². The van der Waals surface area contributed by atoms with Crippen LogP contribution in [0.25, 0.3) is 0 Å². The Morgan fingerprint density at radius 3 is 2.53 bits per heavy atom. The SMILES string of the molecule is CC(N)CC1=NC(=O)C(c2ccc(Br)cc2)C(=O)N1. The molecule has 2 rings (SSSR count). The molecule has 100 valence electrons. The van der Waals surface area contributed by atoms with Gasteiger partial charge in [-0.2, -0.15) is 4.99 Å². The van der Waals surface area contributed by atoms with Crippen LogP contribution in [-0.4, -0.2) is 23.7 Å². The lowest BCUT2D eigenvalue weighted by atomic mass is 9.96. The number of rotatable bonds is 3. The van der Waals surface area contributed by atoms with Gasteiger partial charge in [-0.15, -0.1) is 0 Å². The molecule has 0 aliphatic carbocycles. The van der Waals surface area contributed by atoms with Crippen LogP contribution in [0.5, 0.6) is 0 Å². The Kier molecular flexibility index (Phi) is 4.11. The Hall–Kier alpha value is -1.53.